The quantitative estimate of drug-likeness (QED) is 0.239. The molecule has 0 saturated carbocycles. The molecule has 10 nitrogen and oxygen atoms in total. The molecular formula is C23H28N5O5P. The number of carbonyl (C=O) groups excluding carboxylic acids is 1. The number of nitrogens with one attached hydrogen (secondary N) is 2. The van der Waals surface area contributed by atoms with Crippen molar-refractivity contribution in [2.45, 2.75) is 13.8 Å². The van der Waals surface area contributed by atoms with E-state index in [1.54, 1.807) is 28.9 Å². The van der Waals surface area contributed by atoms with E-state index in [1.165, 1.54) is 30.5 Å². The summed E-state index contributed by atoms with van der Waals surface area (Å²) in [6.07, 6.45) is 1.41. The van der Waals surface area contributed by atoms with Gasteiger partial charge < -0.3 is 19.7 Å². The van der Waals surface area contributed by atoms with Gasteiger partial charge >= 0.3 is 0 Å². The van der Waals surface area contributed by atoms with Crippen LogP contribution in [0.2, 0.25) is 0 Å². The second kappa shape index (κ2) is 10.5. The summed E-state index contributed by atoms with van der Waals surface area (Å²) in [5.74, 6) is -0.342. The van der Waals surface area contributed by atoms with E-state index < -0.39 is 18.3 Å². The maximum atomic E-state index is 14.6. The summed E-state index contributed by atoms with van der Waals surface area (Å²) in [4.78, 5) is 25.2. The SMILES string of the molecule is CCN(CC)[P@](=O)(Nc1ccc([N+](=O)[O-])cc1)c1ccc(N(C)C)cc1NC(=O)c1ccco1. The number of nitrogens with zero attached hydrogens (tertiary/aromatic N) is 3. The molecule has 180 valence electrons. The van der Waals surface area contributed by atoms with Gasteiger partial charge in [-0.3, -0.25) is 19.5 Å². The fourth-order valence-corrected chi connectivity index (χ4v) is 6.08. The van der Waals surface area contributed by atoms with Gasteiger partial charge in [0.15, 0.2) is 5.76 Å². The molecule has 1 aromatic heterocycles. The smallest absolute Gasteiger partial charge is 0.291 e. The number of nitro groups is 1. The van der Waals surface area contributed by atoms with Crippen LogP contribution in [0, 0.1) is 10.1 Å². The van der Waals surface area contributed by atoms with Crippen molar-refractivity contribution in [1.82, 2.24) is 4.67 Å². The number of benzene rings is 2. The lowest BCUT2D eigenvalue weighted by Gasteiger charge is -2.33. The number of furan rings is 1. The Morgan fingerprint density at radius 1 is 1.09 bits per heavy atom. The molecule has 0 fully saturated rings. The molecule has 0 unspecified atom stereocenters. The second-order valence-electron chi connectivity index (χ2n) is 7.66. The number of hydrogen-bond acceptors (Lipinski definition) is 6. The van der Waals surface area contributed by atoms with Gasteiger partial charge in [0.05, 0.1) is 22.2 Å². The maximum absolute atomic E-state index is 14.6. The van der Waals surface area contributed by atoms with Gasteiger partial charge in [0.25, 0.3) is 19.0 Å². The lowest BCUT2D eigenvalue weighted by atomic mass is 10.2. The van der Waals surface area contributed by atoms with Gasteiger partial charge in [-0.25, -0.2) is 4.67 Å². The highest BCUT2D eigenvalue weighted by atomic mass is 31.2. The predicted octanol–water partition coefficient (Wildman–Crippen LogP) is 4.78. The van der Waals surface area contributed by atoms with Gasteiger partial charge in [-0.05, 0) is 42.5 Å². The van der Waals surface area contributed by atoms with Gasteiger partial charge in [-0.15, -0.1) is 0 Å². The molecule has 1 heterocycles. The van der Waals surface area contributed by atoms with Crippen LogP contribution in [0.3, 0.4) is 0 Å². The highest BCUT2D eigenvalue weighted by Crippen LogP contribution is 2.50. The predicted molar refractivity (Wildman–Crippen MR) is 134 cm³/mol. The highest BCUT2D eigenvalue weighted by Gasteiger charge is 2.34. The molecule has 0 saturated heterocycles. The molecule has 0 bridgehead atoms. The zero-order chi connectivity index (χ0) is 24.9. The number of non-ortho nitro benzene ring substituents is 1. The van der Waals surface area contributed by atoms with Gasteiger partial charge in [0.1, 0.15) is 0 Å². The number of carbonyl (C=O) groups is 1. The first-order valence-electron chi connectivity index (χ1n) is 10.7. The molecule has 1 atom stereocenters. The van der Waals surface area contributed by atoms with Crippen LogP contribution < -0.4 is 20.6 Å². The molecule has 3 rings (SSSR count). The minimum atomic E-state index is -3.51. The molecule has 34 heavy (non-hydrogen) atoms. The minimum Gasteiger partial charge on any atom is -0.459 e. The Balaban J connectivity index is 2.11. The van der Waals surface area contributed by atoms with Crippen LogP contribution >= 0.6 is 7.44 Å². The first-order valence-corrected chi connectivity index (χ1v) is 12.4. The van der Waals surface area contributed by atoms with Crippen molar-refractivity contribution in [2.75, 3.05) is 42.5 Å². The van der Waals surface area contributed by atoms with Crippen LogP contribution in [0.25, 0.3) is 0 Å². The average molecular weight is 485 g/mol. The van der Waals surface area contributed by atoms with E-state index in [1.807, 2.05) is 38.9 Å². The molecule has 1 amide bonds. The van der Waals surface area contributed by atoms with E-state index in [-0.39, 0.29) is 11.4 Å². The summed E-state index contributed by atoms with van der Waals surface area (Å²) in [5, 5.41) is 17.4. The zero-order valence-corrected chi connectivity index (χ0v) is 20.4. The zero-order valence-electron chi connectivity index (χ0n) is 19.5. The number of rotatable bonds is 10. The van der Waals surface area contributed by atoms with Crippen LogP contribution in [0.5, 0.6) is 0 Å². The Kier molecular flexibility index (Phi) is 7.75. The van der Waals surface area contributed by atoms with Crippen molar-refractivity contribution in [2.24, 2.45) is 0 Å². The molecule has 2 N–H and O–H groups in total. The lowest BCUT2D eigenvalue weighted by Crippen LogP contribution is -2.32. The standard InChI is InChI=1S/C23H28N5O5P/c1-5-27(6-2)34(32,25-17-9-11-18(12-10-17)28(30)31)22-14-13-19(26(3)4)16-20(22)24-23(29)21-8-7-15-33-21/h7-16H,5-6H2,1-4H3,(H,24,29)(H,25,32)/t34-/m1/s1. The Morgan fingerprint density at radius 3 is 2.29 bits per heavy atom. The summed E-state index contributed by atoms with van der Waals surface area (Å²) in [7, 11) is 0.221. The molecule has 0 aliphatic carbocycles. The van der Waals surface area contributed by atoms with Crippen molar-refractivity contribution >= 4 is 41.4 Å². The molecule has 0 radical (unpaired) electrons. The summed E-state index contributed by atoms with van der Waals surface area (Å²) in [5.41, 5.74) is 1.57. The van der Waals surface area contributed by atoms with Crippen molar-refractivity contribution in [1.29, 1.82) is 0 Å². The van der Waals surface area contributed by atoms with Crippen LogP contribution in [0.1, 0.15) is 24.4 Å². The molecule has 0 aliphatic rings. The van der Waals surface area contributed by atoms with Crippen LogP contribution in [0.15, 0.2) is 65.3 Å². The number of anilines is 3. The average Bonchev–Trinajstić information content (AvgIpc) is 3.35. The summed E-state index contributed by atoms with van der Waals surface area (Å²) >= 11 is 0. The first kappa shape index (κ1) is 25.0. The third kappa shape index (κ3) is 5.30. The number of amides is 1. The molecule has 0 aliphatic heterocycles. The van der Waals surface area contributed by atoms with E-state index >= 15 is 0 Å². The summed E-state index contributed by atoms with van der Waals surface area (Å²) < 4.78 is 21.6. The summed E-state index contributed by atoms with van der Waals surface area (Å²) in [6, 6.07) is 14.2. The Bertz CT molecular complexity index is 1190. The van der Waals surface area contributed by atoms with Crippen molar-refractivity contribution in [3.05, 3.63) is 76.7 Å². The van der Waals surface area contributed by atoms with Gasteiger partial charge in [-0.1, -0.05) is 13.8 Å². The Hall–Kier alpha value is -3.62. The second-order valence-corrected chi connectivity index (χ2v) is 10.1. The van der Waals surface area contributed by atoms with E-state index in [2.05, 4.69) is 10.4 Å². The Morgan fingerprint density at radius 2 is 1.76 bits per heavy atom. The molecule has 0 spiro atoms. The normalized spacial score (nSPS) is 12.7. The molecule has 11 heteroatoms. The topological polar surface area (TPSA) is 121 Å². The number of hydrogen-bond donors (Lipinski definition) is 2. The largest absolute Gasteiger partial charge is 0.459 e. The van der Waals surface area contributed by atoms with E-state index in [0.29, 0.717) is 29.8 Å². The van der Waals surface area contributed by atoms with E-state index in [9.17, 15) is 19.5 Å². The molecule has 3 aromatic rings. The Labute approximate surface area is 198 Å². The fourth-order valence-electron chi connectivity index (χ4n) is 3.50. The number of nitro benzene ring substituents is 1. The van der Waals surface area contributed by atoms with Gasteiger partial charge in [-0.2, -0.15) is 0 Å². The van der Waals surface area contributed by atoms with E-state index in [4.69, 9.17) is 4.42 Å². The van der Waals surface area contributed by atoms with Gasteiger partial charge in [0.2, 0.25) is 0 Å². The lowest BCUT2D eigenvalue weighted by molar-refractivity contribution is -0.384. The molecule has 2 aromatic carbocycles. The van der Waals surface area contributed by atoms with Crippen LogP contribution in [-0.4, -0.2) is 42.7 Å². The van der Waals surface area contributed by atoms with E-state index in [0.717, 1.165) is 5.69 Å². The molecular weight excluding hydrogens is 457 g/mol. The van der Waals surface area contributed by atoms with Crippen molar-refractivity contribution < 1.29 is 18.7 Å². The fraction of sp³-hybridized carbons (Fsp3) is 0.261. The van der Waals surface area contributed by atoms with Crippen LogP contribution in [0.4, 0.5) is 22.7 Å². The highest BCUT2D eigenvalue weighted by molar-refractivity contribution is 7.71. The first-order chi connectivity index (χ1) is 16.2. The monoisotopic (exact) mass is 485 g/mol. The van der Waals surface area contributed by atoms with Crippen molar-refractivity contribution in [3.8, 4) is 0 Å². The van der Waals surface area contributed by atoms with Gasteiger partial charge in [0, 0.05) is 50.7 Å². The maximum Gasteiger partial charge on any atom is 0.291 e. The third-order valence-electron chi connectivity index (χ3n) is 5.30. The third-order valence-corrected chi connectivity index (χ3v) is 8.27. The van der Waals surface area contributed by atoms with Crippen LogP contribution in [-0.2, 0) is 4.57 Å². The minimum absolute atomic E-state index is 0.0649. The summed E-state index contributed by atoms with van der Waals surface area (Å²) in [6.45, 7) is 4.72. The van der Waals surface area contributed by atoms with Crippen molar-refractivity contribution in [3.63, 3.8) is 0 Å².